The van der Waals surface area contributed by atoms with Crippen LogP contribution in [0.4, 0.5) is 4.79 Å². The van der Waals surface area contributed by atoms with Crippen molar-refractivity contribution in [3.8, 4) is 0 Å². The van der Waals surface area contributed by atoms with E-state index in [4.69, 9.17) is 11.6 Å². The summed E-state index contributed by atoms with van der Waals surface area (Å²) in [5, 5.41) is 5.04. The van der Waals surface area contributed by atoms with Crippen molar-refractivity contribution in [2.24, 2.45) is 5.41 Å². The van der Waals surface area contributed by atoms with Crippen LogP contribution in [0.5, 0.6) is 0 Å². The molecular weight excluding hydrogens is 240 g/mol. The van der Waals surface area contributed by atoms with Crippen molar-refractivity contribution in [1.29, 1.82) is 0 Å². The van der Waals surface area contributed by atoms with Gasteiger partial charge in [0.1, 0.15) is 0 Å². The predicted octanol–water partition coefficient (Wildman–Crippen LogP) is 2.66. The Morgan fingerprint density at radius 1 is 1.12 bits per heavy atom. The van der Waals surface area contributed by atoms with Gasteiger partial charge in [0.2, 0.25) is 5.91 Å². The van der Waals surface area contributed by atoms with Gasteiger partial charge >= 0.3 is 6.03 Å². The van der Waals surface area contributed by atoms with Crippen LogP contribution >= 0.6 is 11.6 Å². The molecule has 0 heterocycles. The number of carbonyl (C=O) groups excluding carboxylic acids is 2. The quantitative estimate of drug-likeness (QED) is 0.766. The molecule has 0 bridgehead atoms. The van der Waals surface area contributed by atoms with Crippen molar-refractivity contribution < 1.29 is 9.59 Å². The molecule has 100 valence electrons. The fourth-order valence-electron chi connectivity index (χ4n) is 1.98. The maximum atomic E-state index is 11.5. The Morgan fingerprint density at radius 2 is 1.65 bits per heavy atom. The second-order valence-corrected chi connectivity index (χ2v) is 6.44. The summed E-state index contributed by atoms with van der Waals surface area (Å²) < 4.78 is 0. The first-order valence-corrected chi connectivity index (χ1v) is 6.27. The topological polar surface area (TPSA) is 58.2 Å². The predicted molar refractivity (Wildman–Crippen MR) is 70.2 cm³/mol. The lowest BCUT2D eigenvalue weighted by atomic mass is 9.82. The maximum Gasteiger partial charge on any atom is 0.321 e. The highest BCUT2D eigenvalue weighted by molar-refractivity contribution is 6.19. The summed E-state index contributed by atoms with van der Waals surface area (Å²) >= 11 is 5.41. The van der Waals surface area contributed by atoms with E-state index in [0.717, 1.165) is 6.42 Å². The zero-order valence-electron chi connectivity index (χ0n) is 11.3. The lowest BCUT2D eigenvalue weighted by Crippen LogP contribution is -2.51. The van der Waals surface area contributed by atoms with Crippen molar-refractivity contribution in [3.05, 3.63) is 0 Å². The number of urea groups is 1. The largest absolute Gasteiger partial charge is 0.333 e. The summed E-state index contributed by atoms with van der Waals surface area (Å²) in [5.41, 5.74) is -0.249. The zero-order chi connectivity index (χ0) is 13.7. The Bertz CT molecular complexity index is 283. The van der Waals surface area contributed by atoms with Crippen LogP contribution in [0.15, 0.2) is 0 Å². The van der Waals surface area contributed by atoms with Gasteiger partial charge in [0.05, 0.1) is 0 Å². The van der Waals surface area contributed by atoms with Gasteiger partial charge in [-0.1, -0.05) is 20.8 Å². The molecule has 0 atom stereocenters. The fraction of sp³-hybridized carbons (Fsp3) is 0.833. The van der Waals surface area contributed by atoms with E-state index >= 15 is 0 Å². The normalized spacial score (nSPS) is 12.1. The van der Waals surface area contributed by atoms with Crippen molar-refractivity contribution in [2.45, 2.75) is 53.0 Å². The van der Waals surface area contributed by atoms with Crippen molar-refractivity contribution in [1.82, 2.24) is 10.6 Å². The van der Waals surface area contributed by atoms with Crippen LogP contribution in [-0.4, -0.2) is 23.4 Å². The summed E-state index contributed by atoms with van der Waals surface area (Å²) in [6, 6.07) is -0.464. The summed E-state index contributed by atoms with van der Waals surface area (Å²) in [6.07, 6.45) is 0.964. The number of rotatable bonds is 4. The molecule has 2 N–H and O–H groups in total. The molecule has 0 saturated heterocycles. The van der Waals surface area contributed by atoms with Gasteiger partial charge in [-0.05, 0) is 25.7 Å². The highest BCUT2D eigenvalue weighted by atomic mass is 35.5. The first-order chi connectivity index (χ1) is 7.56. The molecule has 5 heteroatoms. The molecule has 0 spiro atoms. The van der Waals surface area contributed by atoms with E-state index in [-0.39, 0.29) is 29.2 Å². The first kappa shape index (κ1) is 16.2. The van der Waals surface area contributed by atoms with Crippen molar-refractivity contribution >= 4 is 23.5 Å². The molecule has 4 nitrogen and oxygen atoms in total. The van der Waals surface area contributed by atoms with Gasteiger partial charge in [0, 0.05) is 17.8 Å². The number of nitrogens with one attached hydrogen (secondary N) is 2. The summed E-state index contributed by atoms with van der Waals surface area (Å²) in [7, 11) is 0. The minimum Gasteiger partial charge on any atom is -0.333 e. The highest BCUT2D eigenvalue weighted by Gasteiger charge is 2.27. The Hall–Kier alpha value is -0.770. The number of imide groups is 1. The van der Waals surface area contributed by atoms with Gasteiger partial charge in [-0.3, -0.25) is 10.1 Å². The highest BCUT2D eigenvalue weighted by Crippen LogP contribution is 2.26. The molecule has 0 rings (SSSR count). The van der Waals surface area contributed by atoms with Gasteiger partial charge < -0.3 is 5.32 Å². The Labute approximate surface area is 108 Å². The lowest BCUT2D eigenvalue weighted by molar-refractivity contribution is -0.119. The van der Waals surface area contributed by atoms with E-state index in [0.29, 0.717) is 0 Å². The van der Waals surface area contributed by atoms with E-state index < -0.39 is 6.03 Å². The van der Waals surface area contributed by atoms with Crippen molar-refractivity contribution in [3.63, 3.8) is 0 Å². The van der Waals surface area contributed by atoms with Gasteiger partial charge in [-0.2, -0.15) is 0 Å². The van der Waals surface area contributed by atoms with Crippen LogP contribution < -0.4 is 10.6 Å². The number of halogens is 1. The molecule has 0 unspecified atom stereocenters. The average Bonchev–Trinajstić information content (AvgIpc) is 1.96. The molecule has 0 fully saturated rings. The smallest absolute Gasteiger partial charge is 0.321 e. The van der Waals surface area contributed by atoms with E-state index in [9.17, 15) is 9.59 Å². The van der Waals surface area contributed by atoms with Gasteiger partial charge in [0.25, 0.3) is 0 Å². The molecule has 0 aromatic heterocycles. The Kier molecular flexibility index (Phi) is 5.96. The molecule has 0 aliphatic heterocycles. The molecule has 0 radical (unpaired) electrons. The maximum absolute atomic E-state index is 11.5. The Morgan fingerprint density at radius 3 is 2.06 bits per heavy atom. The van der Waals surface area contributed by atoms with Gasteiger partial charge in [-0.15, -0.1) is 11.6 Å². The van der Waals surface area contributed by atoms with Crippen LogP contribution in [0, 0.1) is 5.41 Å². The van der Waals surface area contributed by atoms with E-state index in [2.05, 4.69) is 31.4 Å². The van der Waals surface area contributed by atoms with E-state index in [1.807, 2.05) is 13.8 Å². The minimum atomic E-state index is -0.464. The second kappa shape index (κ2) is 6.24. The standard InChI is InChI=1S/C12H23ClN2O2/c1-11(2,3)8-12(4,5)15-10(17)14-9(16)6-7-13/h6-8H2,1-5H3,(H2,14,15,16,17). The second-order valence-electron chi connectivity index (χ2n) is 6.06. The van der Waals surface area contributed by atoms with Crippen molar-refractivity contribution in [2.75, 3.05) is 5.88 Å². The molecule has 3 amide bonds. The van der Waals surface area contributed by atoms with E-state index in [1.165, 1.54) is 0 Å². The third kappa shape index (κ3) is 8.98. The monoisotopic (exact) mass is 262 g/mol. The summed E-state index contributed by atoms with van der Waals surface area (Å²) in [5.74, 6) is -0.145. The number of amides is 3. The lowest BCUT2D eigenvalue weighted by Gasteiger charge is -2.33. The zero-order valence-corrected chi connectivity index (χ0v) is 12.1. The molecule has 0 aromatic carbocycles. The SMILES string of the molecule is CC(C)(C)CC(C)(C)NC(=O)NC(=O)CCCl. The number of carbonyl (C=O) groups is 2. The molecule has 0 aliphatic rings. The molecule has 0 saturated carbocycles. The third-order valence-electron chi connectivity index (χ3n) is 2.00. The van der Waals surface area contributed by atoms with Crippen LogP contribution in [0.1, 0.15) is 47.5 Å². The molecule has 0 aromatic rings. The van der Waals surface area contributed by atoms with Gasteiger partial charge in [-0.25, -0.2) is 4.79 Å². The van der Waals surface area contributed by atoms with Crippen LogP contribution in [0.25, 0.3) is 0 Å². The van der Waals surface area contributed by atoms with Crippen LogP contribution in [0.3, 0.4) is 0 Å². The average molecular weight is 263 g/mol. The molecular formula is C12H23ClN2O2. The fourth-order valence-corrected chi connectivity index (χ4v) is 2.16. The van der Waals surface area contributed by atoms with Crippen LogP contribution in [0.2, 0.25) is 0 Å². The van der Waals surface area contributed by atoms with Crippen LogP contribution in [-0.2, 0) is 4.79 Å². The number of alkyl halides is 1. The Balaban J connectivity index is 4.23. The number of hydrogen-bond acceptors (Lipinski definition) is 2. The van der Waals surface area contributed by atoms with Gasteiger partial charge in [0.15, 0.2) is 0 Å². The molecule has 0 aliphatic carbocycles. The minimum absolute atomic E-state index is 0.108. The molecule has 17 heavy (non-hydrogen) atoms. The summed E-state index contributed by atoms with van der Waals surface area (Å²) in [4.78, 5) is 22.7. The first-order valence-electron chi connectivity index (χ1n) is 5.74. The third-order valence-corrected chi connectivity index (χ3v) is 2.19. The van der Waals surface area contributed by atoms with E-state index in [1.54, 1.807) is 0 Å². The summed E-state index contributed by atoms with van der Waals surface area (Å²) in [6.45, 7) is 10.2. The number of hydrogen-bond donors (Lipinski definition) is 2.